The van der Waals surface area contributed by atoms with Gasteiger partial charge in [-0.05, 0) is 31.1 Å². The Kier molecular flexibility index (Phi) is 4.74. The molecule has 3 fully saturated rings. The molecule has 0 aromatic carbocycles. The first-order chi connectivity index (χ1) is 10.6. The van der Waals surface area contributed by atoms with Crippen molar-refractivity contribution >= 4 is 10.2 Å². The molecule has 3 aliphatic rings. The molecule has 0 amide bonds. The van der Waals surface area contributed by atoms with Gasteiger partial charge in [0.15, 0.2) is 6.10 Å². The Morgan fingerprint density at radius 1 is 1.00 bits per heavy atom. The fraction of sp³-hybridized carbons (Fsp3) is 0.933. The van der Waals surface area contributed by atoms with Gasteiger partial charge in [0.25, 0.3) is 10.2 Å². The molecule has 1 saturated carbocycles. The van der Waals surface area contributed by atoms with E-state index in [2.05, 4.69) is 0 Å². The summed E-state index contributed by atoms with van der Waals surface area (Å²) in [5.41, 5.74) is 0.393. The second kappa shape index (κ2) is 6.44. The Morgan fingerprint density at radius 2 is 1.68 bits per heavy atom. The fourth-order valence-electron chi connectivity index (χ4n) is 4.07. The van der Waals surface area contributed by atoms with Crippen molar-refractivity contribution in [2.45, 2.75) is 51.0 Å². The molecule has 1 aliphatic carbocycles. The van der Waals surface area contributed by atoms with Crippen molar-refractivity contribution in [1.29, 1.82) is 5.26 Å². The molecular weight excluding hydrogens is 302 g/mol. The second-order valence-corrected chi connectivity index (χ2v) is 8.74. The lowest BCUT2D eigenvalue weighted by atomic mass is 9.68. The van der Waals surface area contributed by atoms with Crippen molar-refractivity contribution in [3.63, 3.8) is 0 Å². The van der Waals surface area contributed by atoms with Crippen molar-refractivity contribution in [2.24, 2.45) is 5.41 Å². The van der Waals surface area contributed by atoms with Crippen LogP contribution in [0.5, 0.6) is 0 Å². The second-order valence-electron chi connectivity index (χ2n) is 6.81. The quantitative estimate of drug-likeness (QED) is 0.770. The van der Waals surface area contributed by atoms with Gasteiger partial charge in [-0.15, -0.1) is 0 Å². The molecular formula is C15H25N3O3S. The topological polar surface area (TPSA) is 73.6 Å². The fourth-order valence-corrected chi connectivity index (χ4v) is 5.67. The van der Waals surface area contributed by atoms with Crippen LogP contribution < -0.4 is 0 Å². The van der Waals surface area contributed by atoms with E-state index in [0.717, 1.165) is 12.8 Å². The average Bonchev–Trinajstić information content (AvgIpc) is 2.56. The monoisotopic (exact) mass is 327 g/mol. The average molecular weight is 327 g/mol. The van der Waals surface area contributed by atoms with Crippen LogP contribution >= 0.6 is 0 Å². The predicted molar refractivity (Wildman–Crippen MR) is 82.2 cm³/mol. The van der Waals surface area contributed by atoms with E-state index in [9.17, 15) is 8.42 Å². The van der Waals surface area contributed by atoms with Gasteiger partial charge in [-0.1, -0.05) is 19.3 Å². The number of ether oxygens (including phenoxy) is 1. The minimum atomic E-state index is -3.45. The summed E-state index contributed by atoms with van der Waals surface area (Å²) < 4.78 is 33.8. The molecule has 22 heavy (non-hydrogen) atoms. The summed E-state index contributed by atoms with van der Waals surface area (Å²) in [6.07, 6.45) is 7.76. The number of hydrogen-bond donors (Lipinski definition) is 0. The Hall–Kier alpha value is -0.680. The van der Waals surface area contributed by atoms with Gasteiger partial charge in [0, 0.05) is 19.6 Å². The molecule has 0 bridgehead atoms. The maximum atomic E-state index is 12.8. The summed E-state index contributed by atoms with van der Waals surface area (Å²) in [7, 11) is -3.45. The third kappa shape index (κ3) is 3.16. The zero-order chi connectivity index (χ0) is 15.6. The van der Waals surface area contributed by atoms with Crippen molar-refractivity contribution in [3.8, 4) is 6.07 Å². The Morgan fingerprint density at radius 3 is 2.32 bits per heavy atom. The van der Waals surface area contributed by atoms with Gasteiger partial charge in [0.1, 0.15) is 0 Å². The van der Waals surface area contributed by atoms with Crippen LogP contribution in [0.15, 0.2) is 0 Å². The number of rotatable bonds is 2. The summed E-state index contributed by atoms with van der Waals surface area (Å²) in [6.45, 7) is 2.05. The van der Waals surface area contributed by atoms with E-state index < -0.39 is 16.3 Å². The molecule has 0 aromatic heterocycles. The zero-order valence-corrected chi connectivity index (χ0v) is 13.9. The van der Waals surface area contributed by atoms with Gasteiger partial charge < -0.3 is 4.74 Å². The number of nitriles is 1. The standard InChI is InChI=1S/C15H25N3O3S/c16-12-14-13-18(10-11-21-14)22(19,20)17-8-6-15(7-9-17)4-2-1-3-5-15/h14H,1-11,13H2. The summed E-state index contributed by atoms with van der Waals surface area (Å²) >= 11 is 0. The first kappa shape index (κ1) is 16.2. The highest BCUT2D eigenvalue weighted by atomic mass is 32.2. The van der Waals surface area contributed by atoms with E-state index in [1.54, 1.807) is 4.31 Å². The van der Waals surface area contributed by atoms with Crippen LogP contribution in [0.1, 0.15) is 44.9 Å². The molecule has 1 spiro atoms. The molecule has 2 saturated heterocycles. The molecule has 2 aliphatic heterocycles. The van der Waals surface area contributed by atoms with Crippen molar-refractivity contribution in [1.82, 2.24) is 8.61 Å². The Balaban J connectivity index is 1.63. The van der Waals surface area contributed by atoms with Crippen LogP contribution in [0.4, 0.5) is 0 Å². The number of piperidine rings is 1. The van der Waals surface area contributed by atoms with E-state index in [-0.39, 0.29) is 6.54 Å². The lowest BCUT2D eigenvalue weighted by Gasteiger charge is -2.45. The van der Waals surface area contributed by atoms with E-state index in [1.807, 2.05) is 6.07 Å². The van der Waals surface area contributed by atoms with Gasteiger partial charge in [0.2, 0.25) is 0 Å². The first-order valence-electron chi connectivity index (χ1n) is 8.32. The van der Waals surface area contributed by atoms with Crippen molar-refractivity contribution in [3.05, 3.63) is 0 Å². The summed E-state index contributed by atoms with van der Waals surface area (Å²) in [4.78, 5) is 0. The number of morpholine rings is 1. The SMILES string of the molecule is N#CC1CN(S(=O)(=O)N2CCC3(CCCCC3)CC2)CCO1. The highest BCUT2D eigenvalue weighted by Crippen LogP contribution is 2.45. The summed E-state index contributed by atoms with van der Waals surface area (Å²) in [5.74, 6) is 0. The Labute approximate surface area is 133 Å². The smallest absolute Gasteiger partial charge is 0.282 e. The van der Waals surface area contributed by atoms with Gasteiger partial charge in [-0.3, -0.25) is 0 Å². The van der Waals surface area contributed by atoms with Crippen LogP contribution in [-0.4, -0.2) is 55.9 Å². The van der Waals surface area contributed by atoms with Gasteiger partial charge in [-0.2, -0.15) is 22.3 Å². The normalized spacial score (nSPS) is 31.0. The summed E-state index contributed by atoms with van der Waals surface area (Å²) in [5, 5.41) is 8.94. The van der Waals surface area contributed by atoms with Crippen LogP contribution in [0.3, 0.4) is 0 Å². The molecule has 0 radical (unpaired) electrons. The van der Waals surface area contributed by atoms with Crippen LogP contribution in [0, 0.1) is 16.7 Å². The summed E-state index contributed by atoms with van der Waals surface area (Å²) in [6, 6.07) is 2.01. The predicted octanol–water partition coefficient (Wildman–Crippen LogP) is 1.50. The number of nitrogens with zero attached hydrogens (tertiary/aromatic N) is 3. The molecule has 1 atom stereocenters. The minimum Gasteiger partial charge on any atom is -0.361 e. The third-order valence-electron chi connectivity index (χ3n) is 5.52. The molecule has 7 heteroatoms. The minimum absolute atomic E-state index is 0.153. The molecule has 124 valence electrons. The van der Waals surface area contributed by atoms with Crippen LogP contribution in [-0.2, 0) is 14.9 Å². The van der Waals surface area contributed by atoms with E-state index in [4.69, 9.17) is 10.00 Å². The van der Waals surface area contributed by atoms with Gasteiger partial charge >= 0.3 is 0 Å². The largest absolute Gasteiger partial charge is 0.361 e. The molecule has 0 aromatic rings. The molecule has 1 unspecified atom stereocenters. The lowest BCUT2D eigenvalue weighted by Crippen LogP contribution is -2.53. The van der Waals surface area contributed by atoms with Crippen LogP contribution in [0.25, 0.3) is 0 Å². The van der Waals surface area contributed by atoms with Gasteiger partial charge in [0.05, 0.1) is 19.2 Å². The molecule has 6 nitrogen and oxygen atoms in total. The highest BCUT2D eigenvalue weighted by Gasteiger charge is 2.41. The number of hydrogen-bond acceptors (Lipinski definition) is 4. The zero-order valence-electron chi connectivity index (χ0n) is 13.0. The molecule has 2 heterocycles. The highest BCUT2D eigenvalue weighted by molar-refractivity contribution is 7.86. The Bertz CT molecular complexity index is 527. The van der Waals surface area contributed by atoms with E-state index >= 15 is 0 Å². The molecule has 0 N–H and O–H groups in total. The molecule has 3 rings (SSSR count). The van der Waals surface area contributed by atoms with Crippen molar-refractivity contribution in [2.75, 3.05) is 32.8 Å². The maximum absolute atomic E-state index is 12.8. The van der Waals surface area contributed by atoms with Gasteiger partial charge in [-0.25, -0.2) is 0 Å². The van der Waals surface area contributed by atoms with Crippen molar-refractivity contribution < 1.29 is 13.2 Å². The van der Waals surface area contributed by atoms with E-state index in [0.29, 0.717) is 31.7 Å². The maximum Gasteiger partial charge on any atom is 0.282 e. The lowest BCUT2D eigenvalue weighted by molar-refractivity contribution is 0.0269. The van der Waals surface area contributed by atoms with E-state index in [1.165, 1.54) is 36.4 Å². The first-order valence-corrected chi connectivity index (χ1v) is 9.72. The third-order valence-corrected chi connectivity index (χ3v) is 7.52. The van der Waals surface area contributed by atoms with Crippen LogP contribution in [0.2, 0.25) is 0 Å².